The van der Waals surface area contributed by atoms with Gasteiger partial charge in [0.1, 0.15) is 8.80 Å². The maximum absolute atomic E-state index is 2.37. The number of rotatable bonds is 2. The number of aryl methyl sites for hydroxylation is 1. The lowest BCUT2D eigenvalue weighted by Crippen LogP contribution is -2.47. The molecule has 108 valence electrons. The van der Waals surface area contributed by atoms with Crippen LogP contribution in [0.25, 0.3) is 11.1 Å². The van der Waals surface area contributed by atoms with E-state index in [-0.39, 0.29) is 0 Å². The van der Waals surface area contributed by atoms with Gasteiger partial charge >= 0.3 is 0 Å². The molecule has 0 N–H and O–H groups in total. The summed E-state index contributed by atoms with van der Waals surface area (Å²) in [7, 11) is -1.15. The van der Waals surface area contributed by atoms with Gasteiger partial charge in [-0.05, 0) is 39.9 Å². The lowest BCUT2D eigenvalue weighted by Gasteiger charge is -2.29. The second-order valence-corrected chi connectivity index (χ2v) is 8.86. The second kappa shape index (κ2) is 5.58. The first-order valence-electron chi connectivity index (χ1n) is 8.13. The van der Waals surface area contributed by atoms with Crippen molar-refractivity contribution >= 4 is 19.2 Å². The number of hydrogen-bond acceptors (Lipinski definition) is 0. The molecule has 3 aromatic rings. The minimum absolute atomic E-state index is 1.11. The van der Waals surface area contributed by atoms with Crippen LogP contribution in [0.3, 0.4) is 0 Å². The first kappa shape index (κ1) is 13.5. The van der Waals surface area contributed by atoms with E-state index in [1.807, 2.05) is 0 Å². The van der Waals surface area contributed by atoms with Gasteiger partial charge in [0.15, 0.2) is 0 Å². The predicted octanol–water partition coefficient (Wildman–Crippen LogP) is 3.35. The molecule has 0 saturated heterocycles. The SMILES string of the molecule is CCc1cccc2c1-c1ccccc1[Si@@H](c1ccccc1)C2. The van der Waals surface area contributed by atoms with Crippen molar-refractivity contribution in [2.45, 2.75) is 19.4 Å². The van der Waals surface area contributed by atoms with E-state index < -0.39 is 8.80 Å². The standard InChI is InChI=1S/C21H20Si/c1-2-16-9-8-10-17-15-22(18-11-4-3-5-12-18)20-14-7-6-13-19(20)21(16)17/h3-14,22H,2,15H2,1H3/t22-/m1/s1. The molecule has 4 rings (SSSR count). The van der Waals surface area contributed by atoms with Gasteiger partial charge in [-0.3, -0.25) is 0 Å². The average molecular weight is 300 g/mol. The van der Waals surface area contributed by atoms with Crippen molar-refractivity contribution in [1.29, 1.82) is 0 Å². The molecular formula is C21H20Si. The van der Waals surface area contributed by atoms with Crippen molar-refractivity contribution in [2.75, 3.05) is 0 Å². The van der Waals surface area contributed by atoms with Gasteiger partial charge in [0.05, 0.1) is 0 Å². The summed E-state index contributed by atoms with van der Waals surface area (Å²) in [5, 5.41) is 3.17. The maximum Gasteiger partial charge on any atom is 0.108 e. The lowest BCUT2D eigenvalue weighted by molar-refractivity contribution is 1.13. The van der Waals surface area contributed by atoms with Crippen molar-refractivity contribution in [3.8, 4) is 11.1 Å². The summed E-state index contributed by atoms with van der Waals surface area (Å²) < 4.78 is 0. The van der Waals surface area contributed by atoms with Gasteiger partial charge in [0.2, 0.25) is 0 Å². The van der Waals surface area contributed by atoms with Gasteiger partial charge in [0.25, 0.3) is 0 Å². The Labute approximate surface area is 134 Å². The van der Waals surface area contributed by atoms with Crippen molar-refractivity contribution in [2.24, 2.45) is 0 Å². The third-order valence-electron chi connectivity index (χ3n) is 4.85. The molecule has 3 aromatic carbocycles. The van der Waals surface area contributed by atoms with Crippen LogP contribution in [0.15, 0.2) is 72.8 Å². The number of hydrogen-bond donors (Lipinski definition) is 0. The highest BCUT2D eigenvalue weighted by atomic mass is 28.3. The van der Waals surface area contributed by atoms with E-state index in [1.54, 1.807) is 15.9 Å². The predicted molar refractivity (Wildman–Crippen MR) is 97.8 cm³/mol. The monoisotopic (exact) mass is 300 g/mol. The molecule has 0 fully saturated rings. The summed E-state index contributed by atoms with van der Waals surface area (Å²) >= 11 is 0. The molecule has 0 radical (unpaired) electrons. The van der Waals surface area contributed by atoms with Crippen LogP contribution in [0.5, 0.6) is 0 Å². The first-order chi connectivity index (χ1) is 10.9. The smallest absolute Gasteiger partial charge is 0.0629 e. The van der Waals surface area contributed by atoms with E-state index >= 15 is 0 Å². The minimum atomic E-state index is -1.15. The number of fused-ring (bicyclic) bond motifs is 3. The first-order valence-corrected chi connectivity index (χ1v) is 10.1. The Morgan fingerprint density at radius 1 is 0.818 bits per heavy atom. The molecule has 0 nitrogen and oxygen atoms in total. The van der Waals surface area contributed by atoms with Crippen LogP contribution < -0.4 is 10.4 Å². The van der Waals surface area contributed by atoms with E-state index in [0.29, 0.717) is 0 Å². The molecule has 1 heteroatoms. The van der Waals surface area contributed by atoms with Crippen molar-refractivity contribution in [3.05, 3.63) is 83.9 Å². The molecule has 1 heterocycles. The zero-order chi connectivity index (χ0) is 14.9. The Morgan fingerprint density at radius 3 is 2.41 bits per heavy atom. The van der Waals surface area contributed by atoms with E-state index in [1.165, 1.54) is 22.7 Å². The Bertz CT molecular complexity index is 805. The molecule has 0 aromatic heterocycles. The lowest BCUT2D eigenvalue weighted by atomic mass is 9.93. The second-order valence-electron chi connectivity index (χ2n) is 6.06. The Morgan fingerprint density at radius 2 is 1.59 bits per heavy atom. The topological polar surface area (TPSA) is 0 Å². The van der Waals surface area contributed by atoms with Crippen LogP contribution in [-0.4, -0.2) is 8.80 Å². The summed E-state index contributed by atoms with van der Waals surface area (Å²) in [6.07, 6.45) is 1.11. The van der Waals surface area contributed by atoms with E-state index in [4.69, 9.17) is 0 Å². The van der Waals surface area contributed by atoms with Crippen molar-refractivity contribution in [1.82, 2.24) is 0 Å². The van der Waals surface area contributed by atoms with Gasteiger partial charge in [-0.25, -0.2) is 0 Å². The highest BCUT2D eigenvalue weighted by Gasteiger charge is 2.27. The zero-order valence-corrected chi connectivity index (χ0v) is 14.1. The summed E-state index contributed by atoms with van der Waals surface area (Å²) in [5.41, 5.74) is 6.05. The van der Waals surface area contributed by atoms with Crippen LogP contribution >= 0.6 is 0 Å². The van der Waals surface area contributed by atoms with E-state index in [0.717, 1.165) is 6.42 Å². The maximum atomic E-state index is 2.37. The van der Waals surface area contributed by atoms with Crippen molar-refractivity contribution < 1.29 is 0 Å². The van der Waals surface area contributed by atoms with Crippen LogP contribution in [0.4, 0.5) is 0 Å². The van der Waals surface area contributed by atoms with Crippen LogP contribution in [0.2, 0.25) is 0 Å². The molecule has 0 saturated carbocycles. The third-order valence-corrected chi connectivity index (χ3v) is 8.14. The largest absolute Gasteiger partial charge is 0.108 e. The van der Waals surface area contributed by atoms with E-state index in [2.05, 4.69) is 79.7 Å². The molecule has 22 heavy (non-hydrogen) atoms. The van der Waals surface area contributed by atoms with Gasteiger partial charge < -0.3 is 0 Å². The molecule has 0 aliphatic carbocycles. The van der Waals surface area contributed by atoms with Crippen LogP contribution in [0.1, 0.15) is 18.1 Å². The zero-order valence-electron chi connectivity index (χ0n) is 12.9. The molecule has 1 aliphatic rings. The van der Waals surface area contributed by atoms with Gasteiger partial charge in [0, 0.05) is 0 Å². The fourth-order valence-corrected chi connectivity index (χ4v) is 7.05. The van der Waals surface area contributed by atoms with E-state index in [9.17, 15) is 0 Å². The molecule has 1 atom stereocenters. The average Bonchev–Trinajstić information content (AvgIpc) is 2.61. The fourth-order valence-electron chi connectivity index (χ4n) is 3.81. The quantitative estimate of drug-likeness (QED) is 0.637. The van der Waals surface area contributed by atoms with Crippen LogP contribution in [0, 0.1) is 0 Å². The fraction of sp³-hybridized carbons (Fsp3) is 0.143. The normalized spacial score (nSPS) is 16.0. The molecular weight excluding hydrogens is 280 g/mol. The molecule has 1 aliphatic heterocycles. The summed E-state index contributed by atoms with van der Waals surface area (Å²) in [4.78, 5) is 0. The highest BCUT2D eigenvalue weighted by Crippen LogP contribution is 2.31. The highest BCUT2D eigenvalue weighted by molar-refractivity contribution is 6.86. The minimum Gasteiger partial charge on any atom is -0.0629 e. The third kappa shape index (κ3) is 2.13. The van der Waals surface area contributed by atoms with Gasteiger partial charge in [-0.1, -0.05) is 84.9 Å². The Hall–Kier alpha value is -2.12. The van der Waals surface area contributed by atoms with Gasteiger partial charge in [-0.15, -0.1) is 0 Å². The Kier molecular flexibility index (Phi) is 3.43. The molecule has 0 bridgehead atoms. The van der Waals surface area contributed by atoms with Crippen molar-refractivity contribution in [3.63, 3.8) is 0 Å². The molecule has 0 unspecified atom stereocenters. The Balaban J connectivity index is 1.95. The summed E-state index contributed by atoms with van der Waals surface area (Å²) in [5.74, 6) is 0. The summed E-state index contributed by atoms with van der Waals surface area (Å²) in [6, 6.07) is 28.3. The van der Waals surface area contributed by atoms with Crippen LogP contribution in [-0.2, 0) is 12.5 Å². The molecule has 0 amide bonds. The number of benzene rings is 3. The summed E-state index contributed by atoms with van der Waals surface area (Å²) in [6.45, 7) is 2.26. The van der Waals surface area contributed by atoms with Gasteiger partial charge in [-0.2, -0.15) is 0 Å². The molecule has 0 spiro atoms.